The van der Waals surface area contributed by atoms with Crippen molar-refractivity contribution in [3.05, 3.63) is 29.8 Å². The first-order chi connectivity index (χ1) is 9.11. The first-order valence-corrected chi connectivity index (χ1v) is 7.69. The van der Waals surface area contributed by atoms with Crippen LogP contribution in [0.5, 0.6) is 0 Å². The second-order valence-electron chi connectivity index (χ2n) is 5.09. The molecule has 108 valence electrons. The highest BCUT2D eigenvalue weighted by Gasteiger charge is 2.04. The molecule has 4 heteroatoms. The van der Waals surface area contributed by atoms with Gasteiger partial charge in [0.15, 0.2) is 0 Å². The van der Waals surface area contributed by atoms with Gasteiger partial charge in [0.2, 0.25) is 0 Å². The highest BCUT2D eigenvalue weighted by molar-refractivity contribution is 7.99. The van der Waals surface area contributed by atoms with E-state index in [9.17, 15) is 5.11 Å². The number of ether oxygens (including phenoxy) is 1. The van der Waals surface area contributed by atoms with Crippen LogP contribution in [0.15, 0.2) is 29.2 Å². The van der Waals surface area contributed by atoms with E-state index in [1.54, 1.807) is 18.9 Å². The van der Waals surface area contributed by atoms with E-state index in [1.807, 2.05) is 0 Å². The molecule has 0 aliphatic heterocycles. The van der Waals surface area contributed by atoms with Crippen LogP contribution in [0.25, 0.3) is 0 Å². The quantitative estimate of drug-likeness (QED) is 0.683. The summed E-state index contributed by atoms with van der Waals surface area (Å²) in [7, 11) is 1.60. The fraction of sp³-hybridized carbons (Fsp3) is 0.600. The highest BCUT2D eigenvalue weighted by atomic mass is 32.2. The van der Waals surface area contributed by atoms with Gasteiger partial charge in [0.05, 0.1) is 12.7 Å². The summed E-state index contributed by atoms with van der Waals surface area (Å²) in [5, 5.41) is 13.0. The summed E-state index contributed by atoms with van der Waals surface area (Å²) >= 11 is 1.66. The van der Waals surface area contributed by atoms with E-state index in [0.717, 1.165) is 13.1 Å². The number of nitrogens with one attached hydrogen (secondary N) is 1. The van der Waals surface area contributed by atoms with Crippen LogP contribution in [0.3, 0.4) is 0 Å². The van der Waals surface area contributed by atoms with Gasteiger partial charge in [-0.1, -0.05) is 26.0 Å². The Kier molecular flexibility index (Phi) is 8.14. The molecule has 0 aliphatic carbocycles. The van der Waals surface area contributed by atoms with Crippen LogP contribution in [-0.4, -0.2) is 37.2 Å². The first-order valence-electron chi connectivity index (χ1n) is 6.71. The second-order valence-corrected chi connectivity index (χ2v) is 6.18. The molecule has 3 nitrogen and oxygen atoms in total. The lowest BCUT2D eigenvalue weighted by atomic mass is 10.2. The third kappa shape index (κ3) is 7.57. The normalized spacial score (nSPS) is 12.9. The Morgan fingerprint density at radius 2 is 1.95 bits per heavy atom. The van der Waals surface area contributed by atoms with E-state index in [1.165, 1.54) is 10.5 Å². The first kappa shape index (κ1) is 16.5. The molecule has 0 spiro atoms. The van der Waals surface area contributed by atoms with E-state index in [0.29, 0.717) is 18.3 Å². The van der Waals surface area contributed by atoms with Gasteiger partial charge in [-0.3, -0.25) is 0 Å². The number of thioether (sulfide) groups is 1. The van der Waals surface area contributed by atoms with Crippen LogP contribution >= 0.6 is 11.8 Å². The van der Waals surface area contributed by atoms with E-state index in [-0.39, 0.29) is 0 Å². The van der Waals surface area contributed by atoms with Crippen molar-refractivity contribution in [3.8, 4) is 0 Å². The molecular formula is C15H25NO2S. The van der Waals surface area contributed by atoms with E-state index in [2.05, 4.69) is 43.4 Å². The van der Waals surface area contributed by atoms with Crippen molar-refractivity contribution in [2.24, 2.45) is 5.92 Å². The molecule has 0 fully saturated rings. The standard InChI is InChI=1S/C15H25NO2S/c1-12(2)8-16-9-13-4-6-15(7-5-13)19-11-14(17)10-18-3/h4-7,12,14,16-17H,8-11H2,1-3H3. The summed E-state index contributed by atoms with van der Waals surface area (Å²) in [6, 6.07) is 8.49. The lowest BCUT2D eigenvalue weighted by Crippen LogP contribution is -2.18. The van der Waals surface area contributed by atoms with Gasteiger partial charge in [-0.15, -0.1) is 11.8 Å². The summed E-state index contributed by atoms with van der Waals surface area (Å²) < 4.78 is 4.90. The predicted octanol–water partition coefficient (Wildman–Crippen LogP) is 2.53. The smallest absolute Gasteiger partial charge is 0.0867 e. The molecule has 0 saturated heterocycles. The van der Waals surface area contributed by atoms with Gasteiger partial charge in [-0.25, -0.2) is 0 Å². The van der Waals surface area contributed by atoms with E-state index in [4.69, 9.17) is 4.74 Å². The molecule has 0 aliphatic rings. The predicted molar refractivity (Wildman–Crippen MR) is 81.6 cm³/mol. The number of hydrogen-bond acceptors (Lipinski definition) is 4. The number of benzene rings is 1. The average molecular weight is 283 g/mol. The number of methoxy groups -OCH3 is 1. The maximum Gasteiger partial charge on any atom is 0.0867 e. The van der Waals surface area contributed by atoms with Gasteiger partial charge < -0.3 is 15.2 Å². The van der Waals surface area contributed by atoms with Crippen LogP contribution in [0.4, 0.5) is 0 Å². The Labute approximate surface area is 120 Å². The minimum Gasteiger partial charge on any atom is -0.390 e. The summed E-state index contributed by atoms with van der Waals surface area (Å²) in [4.78, 5) is 1.18. The molecular weight excluding hydrogens is 258 g/mol. The molecule has 0 radical (unpaired) electrons. The largest absolute Gasteiger partial charge is 0.390 e. The second kappa shape index (κ2) is 9.37. The van der Waals surface area contributed by atoms with Gasteiger partial charge >= 0.3 is 0 Å². The van der Waals surface area contributed by atoms with Gasteiger partial charge in [-0.05, 0) is 30.2 Å². The highest BCUT2D eigenvalue weighted by Crippen LogP contribution is 2.19. The third-order valence-corrected chi connectivity index (χ3v) is 3.76. The van der Waals surface area contributed by atoms with E-state index >= 15 is 0 Å². The topological polar surface area (TPSA) is 41.5 Å². The summed E-state index contributed by atoms with van der Waals surface area (Å²) in [5.74, 6) is 1.34. The fourth-order valence-electron chi connectivity index (χ4n) is 1.64. The summed E-state index contributed by atoms with van der Waals surface area (Å²) in [6.07, 6.45) is -0.401. The van der Waals surface area contributed by atoms with Gasteiger partial charge in [0.25, 0.3) is 0 Å². The zero-order chi connectivity index (χ0) is 14.1. The van der Waals surface area contributed by atoms with Crippen molar-refractivity contribution in [1.82, 2.24) is 5.32 Å². The number of hydrogen-bond donors (Lipinski definition) is 2. The maximum absolute atomic E-state index is 9.58. The van der Waals surface area contributed by atoms with Crippen molar-refractivity contribution in [2.75, 3.05) is 26.0 Å². The Balaban J connectivity index is 2.30. The lowest BCUT2D eigenvalue weighted by molar-refractivity contribution is 0.0794. The molecule has 1 aromatic carbocycles. The molecule has 19 heavy (non-hydrogen) atoms. The van der Waals surface area contributed by atoms with Crippen molar-refractivity contribution >= 4 is 11.8 Å². The minimum atomic E-state index is -0.401. The molecule has 1 aromatic rings. The molecule has 0 heterocycles. The minimum absolute atomic E-state index is 0.393. The third-order valence-electron chi connectivity index (χ3n) is 2.61. The molecule has 1 rings (SSSR count). The van der Waals surface area contributed by atoms with Gasteiger partial charge in [0.1, 0.15) is 0 Å². The summed E-state index contributed by atoms with van der Waals surface area (Å²) in [6.45, 7) is 6.76. The molecule has 0 amide bonds. The molecule has 0 aromatic heterocycles. The Hall–Kier alpha value is -0.550. The van der Waals surface area contributed by atoms with Crippen molar-refractivity contribution < 1.29 is 9.84 Å². The zero-order valence-electron chi connectivity index (χ0n) is 12.1. The summed E-state index contributed by atoms with van der Waals surface area (Å²) in [5.41, 5.74) is 1.29. The lowest BCUT2D eigenvalue weighted by Gasteiger charge is -2.10. The molecule has 0 saturated carbocycles. The Bertz CT molecular complexity index is 341. The van der Waals surface area contributed by atoms with Gasteiger partial charge in [-0.2, -0.15) is 0 Å². The van der Waals surface area contributed by atoms with Crippen molar-refractivity contribution in [1.29, 1.82) is 0 Å². The monoisotopic (exact) mass is 283 g/mol. The molecule has 1 atom stereocenters. The van der Waals surface area contributed by atoms with Crippen molar-refractivity contribution in [2.45, 2.75) is 31.4 Å². The fourth-order valence-corrected chi connectivity index (χ4v) is 2.45. The average Bonchev–Trinajstić information content (AvgIpc) is 2.38. The van der Waals surface area contributed by atoms with Crippen LogP contribution in [0, 0.1) is 5.92 Å². The number of aliphatic hydroxyl groups excluding tert-OH is 1. The zero-order valence-corrected chi connectivity index (χ0v) is 12.9. The van der Waals surface area contributed by atoms with Crippen molar-refractivity contribution in [3.63, 3.8) is 0 Å². The van der Waals surface area contributed by atoms with Crippen LogP contribution < -0.4 is 5.32 Å². The van der Waals surface area contributed by atoms with Crippen LogP contribution in [-0.2, 0) is 11.3 Å². The number of rotatable bonds is 9. The molecule has 1 unspecified atom stereocenters. The number of aliphatic hydroxyl groups is 1. The molecule has 2 N–H and O–H groups in total. The Morgan fingerprint density at radius 3 is 2.53 bits per heavy atom. The maximum atomic E-state index is 9.58. The van der Waals surface area contributed by atoms with Gasteiger partial charge in [0, 0.05) is 24.3 Å². The Morgan fingerprint density at radius 1 is 1.26 bits per heavy atom. The van der Waals surface area contributed by atoms with Crippen LogP contribution in [0.2, 0.25) is 0 Å². The van der Waals surface area contributed by atoms with Crippen LogP contribution in [0.1, 0.15) is 19.4 Å². The molecule has 0 bridgehead atoms. The van der Waals surface area contributed by atoms with E-state index < -0.39 is 6.10 Å². The SMILES string of the molecule is COCC(O)CSc1ccc(CNCC(C)C)cc1.